The first-order chi connectivity index (χ1) is 14.4. The highest BCUT2D eigenvalue weighted by Gasteiger charge is 2.20. The molecule has 0 unspecified atom stereocenters. The van der Waals surface area contributed by atoms with E-state index in [1.807, 2.05) is 69.3 Å². The van der Waals surface area contributed by atoms with Crippen LogP contribution in [0.25, 0.3) is 11.4 Å². The molecule has 0 spiro atoms. The van der Waals surface area contributed by atoms with Crippen LogP contribution in [0.5, 0.6) is 5.75 Å². The molecule has 0 bridgehead atoms. The quantitative estimate of drug-likeness (QED) is 0.543. The van der Waals surface area contributed by atoms with Crippen LogP contribution in [0.15, 0.2) is 60.8 Å². The zero-order valence-corrected chi connectivity index (χ0v) is 17.4. The summed E-state index contributed by atoms with van der Waals surface area (Å²) in [7, 11) is 1.52. The van der Waals surface area contributed by atoms with Crippen LogP contribution < -0.4 is 10.1 Å². The summed E-state index contributed by atoms with van der Waals surface area (Å²) >= 11 is 0. The standard InChI is InChI=1S/C23H23N5O2/c1-15-10-16(2)12-19(11-15)28-21(13-17(3)25-28)24-23(29)22-20(30-4)14-27(26-22)18-8-6-5-7-9-18/h5-14H,1-4H3,(H,24,29). The molecule has 0 aliphatic heterocycles. The Hall–Kier alpha value is -3.87. The van der Waals surface area contributed by atoms with Gasteiger partial charge in [0.15, 0.2) is 11.4 Å². The number of hydrogen-bond acceptors (Lipinski definition) is 4. The van der Waals surface area contributed by atoms with Gasteiger partial charge in [-0.25, -0.2) is 9.36 Å². The molecule has 7 heteroatoms. The van der Waals surface area contributed by atoms with E-state index in [0.29, 0.717) is 11.6 Å². The van der Waals surface area contributed by atoms with Crippen LogP contribution in [0.1, 0.15) is 27.3 Å². The fourth-order valence-electron chi connectivity index (χ4n) is 3.41. The van der Waals surface area contributed by atoms with Gasteiger partial charge in [0.1, 0.15) is 5.82 Å². The van der Waals surface area contributed by atoms with Gasteiger partial charge in [-0.2, -0.15) is 10.2 Å². The summed E-state index contributed by atoms with van der Waals surface area (Å²) in [5.41, 5.74) is 4.97. The van der Waals surface area contributed by atoms with Crippen LogP contribution in [-0.4, -0.2) is 32.6 Å². The second-order valence-corrected chi connectivity index (χ2v) is 7.21. The summed E-state index contributed by atoms with van der Waals surface area (Å²) in [6.07, 6.45) is 1.69. The second-order valence-electron chi connectivity index (χ2n) is 7.21. The van der Waals surface area contributed by atoms with Crippen molar-refractivity contribution in [2.24, 2.45) is 0 Å². The predicted molar refractivity (Wildman–Crippen MR) is 116 cm³/mol. The number of methoxy groups -OCH3 is 1. The Morgan fingerprint density at radius 1 is 0.933 bits per heavy atom. The number of nitrogens with zero attached hydrogens (tertiary/aromatic N) is 4. The molecule has 0 atom stereocenters. The monoisotopic (exact) mass is 401 g/mol. The minimum absolute atomic E-state index is 0.201. The molecule has 1 amide bonds. The Balaban J connectivity index is 1.68. The lowest BCUT2D eigenvalue weighted by atomic mass is 10.1. The number of amides is 1. The number of ether oxygens (including phenoxy) is 1. The van der Waals surface area contributed by atoms with E-state index in [-0.39, 0.29) is 11.6 Å². The fraction of sp³-hybridized carbons (Fsp3) is 0.174. The van der Waals surface area contributed by atoms with Crippen LogP contribution in [0.2, 0.25) is 0 Å². The molecular weight excluding hydrogens is 378 g/mol. The minimum Gasteiger partial charge on any atom is -0.493 e. The van der Waals surface area contributed by atoms with Crippen molar-refractivity contribution in [2.75, 3.05) is 12.4 Å². The molecule has 0 radical (unpaired) electrons. The van der Waals surface area contributed by atoms with Gasteiger partial charge in [0.05, 0.1) is 30.4 Å². The number of nitrogens with one attached hydrogen (secondary N) is 1. The van der Waals surface area contributed by atoms with E-state index in [1.165, 1.54) is 7.11 Å². The number of carbonyl (C=O) groups excluding carboxylic acids is 1. The highest BCUT2D eigenvalue weighted by Crippen LogP contribution is 2.23. The maximum atomic E-state index is 13.1. The van der Waals surface area contributed by atoms with Crippen molar-refractivity contribution in [3.8, 4) is 17.1 Å². The third-order valence-electron chi connectivity index (χ3n) is 4.66. The smallest absolute Gasteiger partial charge is 0.281 e. The molecule has 2 aromatic heterocycles. The molecule has 1 N–H and O–H groups in total. The van der Waals surface area contributed by atoms with Crippen LogP contribution in [0.4, 0.5) is 5.82 Å². The van der Waals surface area contributed by atoms with Crippen LogP contribution in [0.3, 0.4) is 0 Å². The largest absolute Gasteiger partial charge is 0.493 e. The van der Waals surface area contributed by atoms with E-state index in [9.17, 15) is 4.79 Å². The lowest BCUT2D eigenvalue weighted by molar-refractivity contribution is 0.101. The molecule has 2 heterocycles. The Kier molecular flexibility index (Phi) is 5.10. The molecule has 0 saturated heterocycles. The molecule has 4 rings (SSSR count). The number of benzene rings is 2. The van der Waals surface area contributed by atoms with E-state index < -0.39 is 0 Å². The van der Waals surface area contributed by atoms with E-state index in [4.69, 9.17) is 4.74 Å². The highest BCUT2D eigenvalue weighted by atomic mass is 16.5. The van der Waals surface area contributed by atoms with Crippen LogP contribution in [-0.2, 0) is 0 Å². The van der Waals surface area contributed by atoms with E-state index in [0.717, 1.165) is 28.2 Å². The van der Waals surface area contributed by atoms with Gasteiger partial charge in [0.25, 0.3) is 5.91 Å². The summed E-state index contributed by atoms with van der Waals surface area (Å²) in [6.45, 7) is 5.96. The lowest BCUT2D eigenvalue weighted by Crippen LogP contribution is -2.17. The highest BCUT2D eigenvalue weighted by molar-refractivity contribution is 6.04. The van der Waals surface area contributed by atoms with Crippen LogP contribution in [0, 0.1) is 20.8 Å². The van der Waals surface area contributed by atoms with Gasteiger partial charge in [-0.1, -0.05) is 24.3 Å². The maximum absolute atomic E-state index is 13.1. The first-order valence-electron chi connectivity index (χ1n) is 9.60. The van der Waals surface area contributed by atoms with Gasteiger partial charge in [0.2, 0.25) is 0 Å². The molecule has 0 saturated carbocycles. The molecule has 0 aliphatic carbocycles. The Morgan fingerprint density at radius 2 is 1.63 bits per heavy atom. The molecule has 0 fully saturated rings. The normalized spacial score (nSPS) is 10.8. The fourth-order valence-corrected chi connectivity index (χ4v) is 3.41. The van der Waals surface area contributed by atoms with Gasteiger partial charge in [-0.3, -0.25) is 4.79 Å². The summed E-state index contributed by atoms with van der Waals surface area (Å²) in [4.78, 5) is 13.1. The van der Waals surface area contributed by atoms with Gasteiger partial charge in [0, 0.05) is 6.07 Å². The van der Waals surface area contributed by atoms with E-state index in [2.05, 4.69) is 21.6 Å². The first kappa shape index (κ1) is 19.4. The SMILES string of the molecule is COc1cn(-c2ccccc2)nc1C(=O)Nc1cc(C)nn1-c1cc(C)cc(C)c1. The van der Waals surface area contributed by atoms with Crippen molar-refractivity contribution in [2.45, 2.75) is 20.8 Å². The lowest BCUT2D eigenvalue weighted by Gasteiger charge is -2.10. The van der Waals surface area contributed by atoms with Crippen LogP contribution >= 0.6 is 0 Å². The molecule has 0 aliphatic rings. The zero-order valence-electron chi connectivity index (χ0n) is 17.4. The number of para-hydroxylation sites is 1. The van der Waals surface area contributed by atoms with Crippen molar-refractivity contribution in [3.05, 3.63) is 83.3 Å². The molecule has 4 aromatic rings. The minimum atomic E-state index is -0.368. The Bertz CT molecular complexity index is 1190. The number of aryl methyl sites for hydroxylation is 3. The average Bonchev–Trinajstić information content (AvgIpc) is 3.31. The van der Waals surface area contributed by atoms with Crippen molar-refractivity contribution in [3.63, 3.8) is 0 Å². The van der Waals surface area contributed by atoms with Crippen molar-refractivity contribution in [1.29, 1.82) is 0 Å². The second kappa shape index (κ2) is 7.87. The van der Waals surface area contributed by atoms with Crippen molar-refractivity contribution >= 4 is 11.7 Å². The van der Waals surface area contributed by atoms with Gasteiger partial charge in [-0.05, 0) is 56.2 Å². The number of anilines is 1. The van der Waals surface area contributed by atoms with E-state index >= 15 is 0 Å². The third kappa shape index (κ3) is 3.82. The number of rotatable bonds is 5. The summed E-state index contributed by atoms with van der Waals surface area (Å²) < 4.78 is 8.75. The Labute approximate surface area is 174 Å². The average molecular weight is 401 g/mol. The third-order valence-corrected chi connectivity index (χ3v) is 4.66. The molecular formula is C23H23N5O2. The van der Waals surface area contributed by atoms with Gasteiger partial charge >= 0.3 is 0 Å². The first-order valence-corrected chi connectivity index (χ1v) is 9.60. The van der Waals surface area contributed by atoms with Crippen molar-refractivity contribution in [1.82, 2.24) is 19.6 Å². The van der Waals surface area contributed by atoms with Gasteiger partial charge < -0.3 is 10.1 Å². The number of aromatic nitrogens is 4. The molecule has 2 aromatic carbocycles. The van der Waals surface area contributed by atoms with E-state index in [1.54, 1.807) is 15.6 Å². The zero-order chi connectivity index (χ0) is 21.3. The maximum Gasteiger partial charge on any atom is 0.281 e. The van der Waals surface area contributed by atoms with Gasteiger partial charge in [-0.15, -0.1) is 0 Å². The molecule has 30 heavy (non-hydrogen) atoms. The number of carbonyl (C=O) groups is 1. The summed E-state index contributed by atoms with van der Waals surface area (Å²) in [5.74, 6) is 0.594. The predicted octanol–water partition coefficient (Wildman–Crippen LogP) is 4.24. The topological polar surface area (TPSA) is 74.0 Å². The molecule has 152 valence electrons. The number of hydrogen-bond donors (Lipinski definition) is 1. The molecule has 7 nitrogen and oxygen atoms in total. The Morgan fingerprint density at radius 3 is 2.30 bits per heavy atom. The summed E-state index contributed by atoms with van der Waals surface area (Å²) in [5, 5.41) is 11.9. The van der Waals surface area contributed by atoms with Crippen molar-refractivity contribution < 1.29 is 9.53 Å². The summed E-state index contributed by atoms with van der Waals surface area (Å²) in [6, 6.07) is 17.5.